The molecule has 0 aromatic heterocycles. The molecule has 29 heavy (non-hydrogen) atoms. The summed E-state index contributed by atoms with van der Waals surface area (Å²) in [5, 5.41) is 12.6. The Morgan fingerprint density at radius 3 is 2.03 bits per heavy atom. The largest absolute Gasteiger partial charge is 0.456 e. The highest BCUT2D eigenvalue weighted by atomic mass is 16.6. The second kappa shape index (κ2) is 7.82. The van der Waals surface area contributed by atoms with Crippen LogP contribution in [-0.4, -0.2) is 10.9 Å². The molecule has 0 aliphatic heterocycles. The zero-order chi connectivity index (χ0) is 20.2. The van der Waals surface area contributed by atoms with E-state index in [2.05, 4.69) is 0 Å². The predicted octanol–water partition coefficient (Wildman–Crippen LogP) is 5.76. The molecule has 0 saturated heterocycles. The van der Waals surface area contributed by atoms with Gasteiger partial charge in [0.05, 0.1) is 4.92 Å². The van der Waals surface area contributed by atoms with Gasteiger partial charge in [-0.2, -0.15) is 0 Å². The zero-order valence-electron chi connectivity index (χ0n) is 15.1. The second-order valence-electron chi connectivity index (χ2n) is 6.25. The summed E-state index contributed by atoms with van der Waals surface area (Å²) in [6.07, 6.45) is 0. The molecular weight excluding hydrogens is 370 g/mol. The zero-order valence-corrected chi connectivity index (χ0v) is 15.1. The number of non-ortho nitro benzene ring substituents is 1. The van der Waals surface area contributed by atoms with Gasteiger partial charge in [-0.05, 0) is 47.2 Å². The van der Waals surface area contributed by atoms with Crippen LogP contribution in [0.1, 0.15) is 10.4 Å². The van der Waals surface area contributed by atoms with Crippen molar-refractivity contribution in [1.82, 2.24) is 0 Å². The van der Waals surface area contributed by atoms with Crippen LogP contribution in [0.15, 0.2) is 91.0 Å². The van der Waals surface area contributed by atoms with E-state index in [1.54, 1.807) is 36.4 Å². The first kappa shape index (κ1) is 18.2. The summed E-state index contributed by atoms with van der Waals surface area (Å²) in [7, 11) is 0. The number of hydrogen-bond donors (Lipinski definition) is 0. The highest BCUT2D eigenvalue weighted by Gasteiger charge is 2.18. The van der Waals surface area contributed by atoms with Crippen LogP contribution in [0, 0.1) is 10.1 Å². The number of rotatable bonds is 5. The quantitative estimate of drug-likeness (QED) is 0.189. The fourth-order valence-electron chi connectivity index (χ4n) is 2.88. The number of carbonyl (C=O) groups excluding carboxylic acids is 1. The highest BCUT2D eigenvalue weighted by Crippen LogP contribution is 2.32. The van der Waals surface area contributed by atoms with Gasteiger partial charge in [0.1, 0.15) is 22.8 Å². The fraction of sp³-hybridized carbons (Fsp3) is 0. The lowest BCUT2D eigenvalue weighted by atomic mass is 10.1. The maximum Gasteiger partial charge on any atom is 0.347 e. The van der Waals surface area contributed by atoms with Crippen LogP contribution in [-0.2, 0) is 0 Å². The number of hydrogen-bond acceptors (Lipinski definition) is 5. The predicted molar refractivity (Wildman–Crippen MR) is 109 cm³/mol. The van der Waals surface area contributed by atoms with Crippen molar-refractivity contribution < 1.29 is 19.2 Å². The molecule has 0 atom stereocenters. The van der Waals surface area contributed by atoms with Gasteiger partial charge in [0.25, 0.3) is 5.69 Å². The summed E-state index contributed by atoms with van der Waals surface area (Å²) in [5.41, 5.74) is 0.213. The van der Waals surface area contributed by atoms with Gasteiger partial charge in [0.15, 0.2) is 0 Å². The molecule has 0 amide bonds. The van der Waals surface area contributed by atoms with Crippen molar-refractivity contribution in [3.63, 3.8) is 0 Å². The number of esters is 1. The Kier molecular flexibility index (Phi) is 4.90. The minimum atomic E-state index is -0.557. The fourth-order valence-corrected chi connectivity index (χ4v) is 2.88. The number of ether oxygens (including phenoxy) is 2. The van der Waals surface area contributed by atoms with Crippen molar-refractivity contribution >= 4 is 22.4 Å². The number of para-hydroxylation sites is 1. The summed E-state index contributed by atoms with van der Waals surface area (Å²) < 4.78 is 11.4. The minimum Gasteiger partial charge on any atom is -0.456 e. The van der Waals surface area contributed by atoms with Crippen LogP contribution >= 0.6 is 0 Å². The van der Waals surface area contributed by atoms with Crippen molar-refractivity contribution in [2.75, 3.05) is 0 Å². The highest BCUT2D eigenvalue weighted by molar-refractivity contribution is 5.99. The molecule has 4 aromatic carbocycles. The van der Waals surface area contributed by atoms with Crippen molar-refractivity contribution in [3.05, 3.63) is 107 Å². The van der Waals surface area contributed by atoms with E-state index in [0.29, 0.717) is 17.2 Å². The minimum absolute atomic E-state index is 0.0421. The lowest BCUT2D eigenvalue weighted by molar-refractivity contribution is -0.384. The van der Waals surface area contributed by atoms with E-state index in [1.165, 1.54) is 24.3 Å². The third-order valence-corrected chi connectivity index (χ3v) is 4.30. The number of nitrogens with zero attached hydrogens (tertiary/aromatic N) is 1. The maximum atomic E-state index is 12.8. The summed E-state index contributed by atoms with van der Waals surface area (Å²) in [4.78, 5) is 23.2. The van der Waals surface area contributed by atoms with Crippen molar-refractivity contribution in [2.24, 2.45) is 0 Å². The van der Waals surface area contributed by atoms with Gasteiger partial charge in [-0.25, -0.2) is 4.79 Å². The standard InChI is InChI=1S/C23H15NO5/c25-23(29-19-8-2-1-3-9-19)21-14-16-6-4-5-7-17(16)15-22(21)28-20-12-10-18(11-13-20)24(26)27/h1-15H. The molecule has 4 aromatic rings. The molecular formula is C23H15NO5. The molecule has 6 heteroatoms. The summed E-state index contributed by atoms with van der Waals surface area (Å²) in [6, 6.07) is 25.5. The number of benzene rings is 4. The van der Waals surface area contributed by atoms with Crippen LogP contribution < -0.4 is 9.47 Å². The Morgan fingerprint density at radius 1 is 0.759 bits per heavy atom. The molecule has 0 radical (unpaired) electrons. The molecule has 0 unspecified atom stereocenters. The van der Waals surface area contributed by atoms with Gasteiger partial charge in [-0.3, -0.25) is 10.1 Å². The smallest absolute Gasteiger partial charge is 0.347 e. The van der Waals surface area contributed by atoms with Crippen LogP contribution in [0.2, 0.25) is 0 Å². The molecule has 6 nitrogen and oxygen atoms in total. The van der Waals surface area contributed by atoms with E-state index in [1.807, 2.05) is 30.3 Å². The van der Waals surface area contributed by atoms with Gasteiger partial charge < -0.3 is 9.47 Å². The summed E-state index contributed by atoms with van der Waals surface area (Å²) >= 11 is 0. The van der Waals surface area contributed by atoms with E-state index in [4.69, 9.17) is 9.47 Å². The van der Waals surface area contributed by atoms with Crippen molar-refractivity contribution in [2.45, 2.75) is 0 Å². The van der Waals surface area contributed by atoms with Gasteiger partial charge in [-0.1, -0.05) is 42.5 Å². The van der Waals surface area contributed by atoms with Gasteiger partial charge in [0.2, 0.25) is 0 Å². The number of fused-ring (bicyclic) bond motifs is 1. The average molecular weight is 385 g/mol. The molecule has 142 valence electrons. The average Bonchev–Trinajstić information content (AvgIpc) is 2.74. The Balaban J connectivity index is 1.71. The van der Waals surface area contributed by atoms with Gasteiger partial charge in [0, 0.05) is 12.1 Å². The summed E-state index contributed by atoms with van der Waals surface area (Å²) in [6.45, 7) is 0. The van der Waals surface area contributed by atoms with Crippen molar-refractivity contribution in [3.8, 4) is 17.2 Å². The molecule has 0 aliphatic rings. The van der Waals surface area contributed by atoms with Crippen LogP contribution in [0.4, 0.5) is 5.69 Å². The maximum absolute atomic E-state index is 12.8. The summed E-state index contributed by atoms with van der Waals surface area (Å²) in [5.74, 6) is 0.545. The number of nitro benzene ring substituents is 1. The molecule has 0 fully saturated rings. The molecule has 0 aliphatic carbocycles. The van der Waals surface area contributed by atoms with Gasteiger partial charge >= 0.3 is 5.97 Å². The Bertz CT molecular complexity index is 1190. The Labute approximate surface area is 166 Å². The lowest BCUT2D eigenvalue weighted by Crippen LogP contribution is -2.10. The van der Waals surface area contributed by atoms with E-state index in [0.717, 1.165) is 10.8 Å². The monoisotopic (exact) mass is 385 g/mol. The Hall–Kier alpha value is -4.19. The lowest BCUT2D eigenvalue weighted by Gasteiger charge is -2.12. The van der Waals surface area contributed by atoms with Crippen LogP contribution in [0.3, 0.4) is 0 Å². The first-order valence-corrected chi connectivity index (χ1v) is 8.82. The Morgan fingerprint density at radius 2 is 1.38 bits per heavy atom. The van der Waals surface area contributed by atoms with Crippen LogP contribution in [0.25, 0.3) is 10.8 Å². The van der Waals surface area contributed by atoms with E-state index >= 15 is 0 Å². The third-order valence-electron chi connectivity index (χ3n) is 4.30. The normalized spacial score (nSPS) is 10.5. The van der Waals surface area contributed by atoms with E-state index in [9.17, 15) is 14.9 Å². The van der Waals surface area contributed by atoms with E-state index < -0.39 is 10.9 Å². The van der Waals surface area contributed by atoms with Crippen LogP contribution in [0.5, 0.6) is 17.2 Å². The third kappa shape index (κ3) is 4.06. The number of carbonyl (C=O) groups is 1. The van der Waals surface area contributed by atoms with E-state index in [-0.39, 0.29) is 11.3 Å². The molecule has 0 N–H and O–H groups in total. The molecule has 0 spiro atoms. The first-order valence-electron chi connectivity index (χ1n) is 8.82. The van der Waals surface area contributed by atoms with Gasteiger partial charge in [-0.15, -0.1) is 0 Å². The molecule has 0 bridgehead atoms. The SMILES string of the molecule is O=C(Oc1ccccc1)c1cc2ccccc2cc1Oc1ccc([N+](=O)[O-])cc1. The topological polar surface area (TPSA) is 78.7 Å². The second-order valence-corrected chi connectivity index (χ2v) is 6.25. The first-order chi connectivity index (χ1) is 14.1. The number of nitro groups is 1. The molecule has 0 heterocycles. The molecule has 4 rings (SSSR count). The molecule has 0 saturated carbocycles. The van der Waals surface area contributed by atoms with Crippen molar-refractivity contribution in [1.29, 1.82) is 0 Å².